The number of carbonyl (C=O) groups is 3. The van der Waals surface area contributed by atoms with E-state index in [-0.39, 0.29) is 26.2 Å². The van der Waals surface area contributed by atoms with Gasteiger partial charge in [-0.3, -0.25) is 14.6 Å². The molecule has 1 aromatic carbocycles. The number of ether oxygens (including phenoxy) is 2. The van der Waals surface area contributed by atoms with Crippen molar-refractivity contribution in [2.24, 2.45) is 0 Å². The van der Waals surface area contributed by atoms with Crippen LogP contribution in [0.25, 0.3) is 0 Å². The molecule has 0 bridgehead atoms. The monoisotopic (exact) mass is 336 g/mol. The van der Waals surface area contributed by atoms with E-state index in [4.69, 9.17) is 14.6 Å². The molecule has 1 aliphatic heterocycles. The fraction of sp³-hybridized carbons (Fsp3) is 0.438. The lowest BCUT2D eigenvalue weighted by Crippen LogP contribution is -2.59. The molecule has 1 amide bonds. The van der Waals surface area contributed by atoms with E-state index in [0.29, 0.717) is 6.54 Å². The molecule has 1 aromatic rings. The van der Waals surface area contributed by atoms with Crippen molar-refractivity contribution >= 4 is 18.0 Å². The molecule has 1 atom stereocenters. The van der Waals surface area contributed by atoms with Crippen LogP contribution in [-0.4, -0.2) is 72.3 Å². The minimum atomic E-state index is -0.987. The van der Waals surface area contributed by atoms with Crippen LogP contribution in [0.15, 0.2) is 30.3 Å². The molecule has 0 saturated carbocycles. The van der Waals surface area contributed by atoms with Gasteiger partial charge in [-0.05, 0) is 5.56 Å². The maximum atomic E-state index is 12.3. The zero-order valence-electron chi connectivity index (χ0n) is 13.4. The third-order valence-electron chi connectivity index (χ3n) is 3.74. The number of aliphatic carboxylic acids is 1. The Morgan fingerprint density at radius 2 is 1.92 bits per heavy atom. The number of hydrogen-bond donors (Lipinski definition) is 1. The average molecular weight is 336 g/mol. The second kappa shape index (κ2) is 8.30. The van der Waals surface area contributed by atoms with Gasteiger partial charge in [-0.25, -0.2) is 9.59 Å². The van der Waals surface area contributed by atoms with Gasteiger partial charge in [0, 0.05) is 19.6 Å². The summed E-state index contributed by atoms with van der Waals surface area (Å²) < 4.78 is 9.98. The number of hydrogen-bond acceptors (Lipinski definition) is 6. The van der Waals surface area contributed by atoms with Gasteiger partial charge in [0.2, 0.25) is 0 Å². The van der Waals surface area contributed by atoms with E-state index >= 15 is 0 Å². The van der Waals surface area contributed by atoms with Crippen LogP contribution in [0.3, 0.4) is 0 Å². The molecular weight excluding hydrogens is 316 g/mol. The number of nitrogens with zero attached hydrogens (tertiary/aromatic N) is 2. The number of carboxylic acids is 1. The van der Waals surface area contributed by atoms with E-state index in [1.54, 1.807) is 4.90 Å². The van der Waals surface area contributed by atoms with Gasteiger partial charge in [-0.15, -0.1) is 0 Å². The summed E-state index contributed by atoms with van der Waals surface area (Å²) in [7, 11) is 1.23. The molecule has 24 heavy (non-hydrogen) atoms. The highest BCUT2D eigenvalue weighted by Gasteiger charge is 2.37. The molecule has 8 heteroatoms. The first-order valence-electron chi connectivity index (χ1n) is 7.50. The van der Waals surface area contributed by atoms with E-state index in [1.165, 1.54) is 12.0 Å². The fourth-order valence-electron chi connectivity index (χ4n) is 2.53. The Labute approximate surface area is 139 Å². The number of carbonyl (C=O) groups excluding carboxylic acids is 2. The summed E-state index contributed by atoms with van der Waals surface area (Å²) in [6.07, 6.45) is -0.621. The van der Waals surface area contributed by atoms with Crippen LogP contribution in [0, 0.1) is 0 Å². The fourth-order valence-corrected chi connectivity index (χ4v) is 2.53. The van der Waals surface area contributed by atoms with Gasteiger partial charge in [-0.2, -0.15) is 0 Å². The maximum Gasteiger partial charge on any atom is 0.410 e. The van der Waals surface area contributed by atoms with E-state index in [9.17, 15) is 14.4 Å². The molecule has 1 heterocycles. The number of benzene rings is 1. The zero-order chi connectivity index (χ0) is 17.5. The Morgan fingerprint density at radius 3 is 2.54 bits per heavy atom. The summed E-state index contributed by atoms with van der Waals surface area (Å²) in [5, 5.41) is 8.87. The van der Waals surface area contributed by atoms with Crippen LogP contribution >= 0.6 is 0 Å². The highest BCUT2D eigenvalue weighted by atomic mass is 16.6. The van der Waals surface area contributed by atoms with Crippen molar-refractivity contribution in [2.45, 2.75) is 12.6 Å². The maximum absolute atomic E-state index is 12.3. The molecule has 2 rings (SSSR count). The third kappa shape index (κ3) is 4.69. The molecule has 0 unspecified atom stereocenters. The van der Waals surface area contributed by atoms with E-state index in [2.05, 4.69) is 0 Å². The van der Waals surface area contributed by atoms with Crippen molar-refractivity contribution in [3.63, 3.8) is 0 Å². The van der Waals surface area contributed by atoms with E-state index < -0.39 is 24.1 Å². The standard InChI is InChI=1S/C16H20N2O6/c1-23-15(21)13-9-17(10-14(19)20)7-8-18(13)16(22)24-11-12-5-3-2-4-6-12/h2-6,13H,7-11H2,1H3,(H,19,20)/t13-/m1/s1. The molecule has 0 aromatic heterocycles. The van der Waals surface area contributed by atoms with Crippen molar-refractivity contribution in [1.82, 2.24) is 9.80 Å². The van der Waals surface area contributed by atoms with Crippen LogP contribution in [0.5, 0.6) is 0 Å². The first kappa shape index (κ1) is 17.7. The molecule has 1 fully saturated rings. The number of amides is 1. The lowest BCUT2D eigenvalue weighted by Gasteiger charge is -2.38. The first-order chi connectivity index (χ1) is 11.5. The molecule has 130 valence electrons. The van der Waals surface area contributed by atoms with Crippen molar-refractivity contribution in [2.75, 3.05) is 33.3 Å². The Hall–Kier alpha value is -2.61. The Morgan fingerprint density at radius 1 is 1.21 bits per heavy atom. The second-order valence-corrected chi connectivity index (χ2v) is 5.40. The van der Waals surface area contributed by atoms with Gasteiger partial charge in [0.15, 0.2) is 0 Å². The molecule has 1 N–H and O–H groups in total. The van der Waals surface area contributed by atoms with Gasteiger partial charge in [0.05, 0.1) is 13.7 Å². The number of methoxy groups -OCH3 is 1. The zero-order valence-corrected chi connectivity index (χ0v) is 13.4. The molecule has 1 saturated heterocycles. The van der Waals surface area contributed by atoms with Crippen LogP contribution in [0.2, 0.25) is 0 Å². The summed E-state index contributed by atoms with van der Waals surface area (Å²) in [6, 6.07) is 8.31. The molecule has 8 nitrogen and oxygen atoms in total. The number of esters is 1. The lowest BCUT2D eigenvalue weighted by molar-refractivity contribution is -0.150. The van der Waals surface area contributed by atoms with Crippen LogP contribution in [0.1, 0.15) is 5.56 Å². The molecule has 0 radical (unpaired) electrons. The lowest BCUT2D eigenvalue weighted by atomic mass is 10.1. The van der Waals surface area contributed by atoms with Gasteiger partial charge in [0.1, 0.15) is 12.6 Å². The Balaban J connectivity index is 1.99. The normalized spacial score (nSPS) is 18.0. The molecule has 0 aliphatic carbocycles. The highest BCUT2D eigenvalue weighted by molar-refractivity contribution is 5.82. The molecule has 0 spiro atoms. The minimum Gasteiger partial charge on any atom is -0.480 e. The first-order valence-corrected chi connectivity index (χ1v) is 7.50. The Kier molecular flexibility index (Phi) is 6.14. The second-order valence-electron chi connectivity index (χ2n) is 5.40. The van der Waals surface area contributed by atoms with E-state index in [1.807, 2.05) is 30.3 Å². The van der Waals surface area contributed by atoms with Crippen LogP contribution < -0.4 is 0 Å². The predicted molar refractivity (Wildman–Crippen MR) is 83.2 cm³/mol. The smallest absolute Gasteiger partial charge is 0.410 e. The summed E-state index contributed by atoms with van der Waals surface area (Å²) >= 11 is 0. The summed E-state index contributed by atoms with van der Waals surface area (Å²) in [5.41, 5.74) is 0.838. The molecular formula is C16H20N2O6. The summed E-state index contributed by atoms with van der Waals surface area (Å²) in [6.45, 7) is 0.545. The van der Waals surface area contributed by atoms with Crippen molar-refractivity contribution in [1.29, 1.82) is 0 Å². The quantitative estimate of drug-likeness (QED) is 0.785. The van der Waals surface area contributed by atoms with Crippen molar-refractivity contribution < 1.29 is 29.0 Å². The van der Waals surface area contributed by atoms with Gasteiger partial charge in [0.25, 0.3) is 0 Å². The predicted octanol–water partition coefficient (Wildman–Crippen LogP) is 0.567. The number of piperazine rings is 1. The van der Waals surface area contributed by atoms with E-state index in [0.717, 1.165) is 5.56 Å². The van der Waals surface area contributed by atoms with Crippen LogP contribution in [-0.2, 0) is 25.7 Å². The van der Waals surface area contributed by atoms with Crippen LogP contribution in [0.4, 0.5) is 4.79 Å². The number of carboxylic acid groups (broad SMARTS) is 1. The average Bonchev–Trinajstić information content (AvgIpc) is 2.59. The van der Waals surface area contributed by atoms with Gasteiger partial charge in [-0.1, -0.05) is 30.3 Å². The van der Waals surface area contributed by atoms with Gasteiger partial charge < -0.3 is 14.6 Å². The largest absolute Gasteiger partial charge is 0.480 e. The SMILES string of the molecule is COC(=O)[C@H]1CN(CC(=O)O)CCN1C(=O)OCc1ccccc1. The third-order valence-corrected chi connectivity index (χ3v) is 3.74. The van der Waals surface area contributed by atoms with Gasteiger partial charge >= 0.3 is 18.0 Å². The van der Waals surface area contributed by atoms with Crippen molar-refractivity contribution in [3.8, 4) is 0 Å². The summed E-state index contributed by atoms with van der Waals surface area (Å²) in [5.74, 6) is -1.58. The highest BCUT2D eigenvalue weighted by Crippen LogP contribution is 2.14. The number of rotatable bonds is 5. The van der Waals surface area contributed by atoms with Crippen molar-refractivity contribution in [3.05, 3.63) is 35.9 Å². The topological polar surface area (TPSA) is 96.4 Å². The summed E-state index contributed by atoms with van der Waals surface area (Å²) in [4.78, 5) is 37.9. The minimum absolute atomic E-state index is 0.0966. The Bertz CT molecular complexity index is 591. The molecule has 1 aliphatic rings.